The van der Waals surface area contributed by atoms with E-state index >= 15 is 0 Å². The Morgan fingerprint density at radius 2 is 1.81 bits per heavy atom. The summed E-state index contributed by atoms with van der Waals surface area (Å²) in [4.78, 5) is 12.3. The minimum atomic E-state index is -4.51. The number of nitrogens with one attached hydrogen (secondary N) is 1. The molecule has 0 aromatic heterocycles. The Labute approximate surface area is 151 Å². The Bertz CT molecular complexity index is 727. The van der Waals surface area contributed by atoms with E-state index in [1.165, 1.54) is 16.4 Å². The summed E-state index contributed by atoms with van der Waals surface area (Å²) in [6.45, 7) is -0.403. The van der Waals surface area contributed by atoms with Gasteiger partial charge in [-0.05, 0) is 31.0 Å². The number of alkyl halides is 3. The van der Waals surface area contributed by atoms with E-state index in [0.29, 0.717) is 12.8 Å². The van der Waals surface area contributed by atoms with Crippen LogP contribution in [0.25, 0.3) is 0 Å². The molecule has 26 heavy (non-hydrogen) atoms. The van der Waals surface area contributed by atoms with E-state index in [2.05, 4.69) is 5.32 Å². The first-order chi connectivity index (χ1) is 12.1. The van der Waals surface area contributed by atoms with Crippen LogP contribution in [0.3, 0.4) is 0 Å². The zero-order valence-electron chi connectivity index (χ0n) is 14.6. The summed E-state index contributed by atoms with van der Waals surface area (Å²) in [7, 11) is -3.61. The fourth-order valence-corrected chi connectivity index (χ4v) is 4.28. The third-order valence-corrected chi connectivity index (χ3v) is 5.71. The van der Waals surface area contributed by atoms with Crippen LogP contribution in [0.1, 0.15) is 44.1 Å². The third kappa shape index (κ3) is 5.98. The molecule has 0 spiro atoms. The van der Waals surface area contributed by atoms with Gasteiger partial charge in [-0.1, -0.05) is 31.7 Å². The largest absolute Gasteiger partial charge is 0.416 e. The van der Waals surface area contributed by atoms with Gasteiger partial charge in [0.05, 0.1) is 18.4 Å². The van der Waals surface area contributed by atoms with Crippen LogP contribution in [0.5, 0.6) is 0 Å². The maximum absolute atomic E-state index is 12.8. The molecule has 5 nitrogen and oxygen atoms in total. The van der Waals surface area contributed by atoms with Crippen molar-refractivity contribution in [1.82, 2.24) is 4.31 Å². The van der Waals surface area contributed by atoms with E-state index in [0.717, 1.165) is 44.1 Å². The minimum absolute atomic E-state index is 0.0147. The number of sulfonamides is 1. The van der Waals surface area contributed by atoms with Gasteiger partial charge in [0.15, 0.2) is 0 Å². The molecule has 0 radical (unpaired) electrons. The number of benzene rings is 1. The number of carbonyl (C=O) groups is 1. The minimum Gasteiger partial charge on any atom is -0.325 e. The molecule has 1 amide bonds. The third-order valence-electron chi connectivity index (χ3n) is 4.43. The van der Waals surface area contributed by atoms with Crippen molar-refractivity contribution in [3.8, 4) is 0 Å². The van der Waals surface area contributed by atoms with Crippen molar-refractivity contribution in [3.63, 3.8) is 0 Å². The zero-order valence-corrected chi connectivity index (χ0v) is 15.4. The highest BCUT2D eigenvalue weighted by Gasteiger charge is 2.31. The molecule has 146 valence electrons. The summed E-state index contributed by atoms with van der Waals surface area (Å²) in [6, 6.07) is 4.01. The average Bonchev–Trinajstić information content (AvgIpc) is 2.80. The number of carbonyl (C=O) groups excluding carboxylic acids is 1. The molecule has 1 N–H and O–H groups in total. The molecule has 1 aliphatic carbocycles. The van der Waals surface area contributed by atoms with Crippen LogP contribution in [-0.4, -0.2) is 37.5 Å². The first-order valence-electron chi connectivity index (χ1n) is 8.51. The number of hydrogen-bond donors (Lipinski definition) is 1. The second kappa shape index (κ2) is 8.39. The van der Waals surface area contributed by atoms with Crippen LogP contribution in [0.2, 0.25) is 0 Å². The number of rotatable bonds is 5. The Morgan fingerprint density at radius 1 is 1.19 bits per heavy atom. The Hall–Kier alpha value is -1.61. The van der Waals surface area contributed by atoms with Crippen LogP contribution in [0, 0.1) is 0 Å². The molecule has 2 rings (SSSR count). The topological polar surface area (TPSA) is 66.5 Å². The molecule has 0 bridgehead atoms. The quantitative estimate of drug-likeness (QED) is 0.778. The van der Waals surface area contributed by atoms with Crippen LogP contribution < -0.4 is 5.32 Å². The van der Waals surface area contributed by atoms with Gasteiger partial charge < -0.3 is 5.32 Å². The Morgan fingerprint density at radius 3 is 2.35 bits per heavy atom. The number of nitrogens with zero attached hydrogens (tertiary/aromatic N) is 1. The molecule has 1 fully saturated rings. The van der Waals surface area contributed by atoms with Gasteiger partial charge in [0.1, 0.15) is 0 Å². The maximum atomic E-state index is 12.8. The lowest BCUT2D eigenvalue weighted by atomic mass is 10.1. The molecule has 0 saturated heterocycles. The van der Waals surface area contributed by atoms with E-state index in [1.807, 2.05) is 0 Å². The van der Waals surface area contributed by atoms with Gasteiger partial charge in [0, 0.05) is 11.7 Å². The SMILES string of the molecule is CS(=O)(=O)N(CC(=O)Nc1cccc(C(F)(F)F)c1)C1CCCCCC1. The highest BCUT2D eigenvalue weighted by atomic mass is 32.2. The summed E-state index contributed by atoms with van der Waals surface area (Å²) < 4.78 is 63.7. The first-order valence-corrected chi connectivity index (χ1v) is 10.4. The summed E-state index contributed by atoms with van der Waals surface area (Å²) in [5.41, 5.74) is -0.891. The van der Waals surface area contributed by atoms with Crippen molar-refractivity contribution in [2.45, 2.75) is 50.7 Å². The molecule has 0 atom stereocenters. The van der Waals surface area contributed by atoms with E-state index in [1.54, 1.807) is 0 Å². The van der Waals surface area contributed by atoms with E-state index < -0.39 is 34.2 Å². The lowest BCUT2D eigenvalue weighted by Crippen LogP contribution is -2.44. The average molecular weight is 392 g/mol. The second-order valence-corrected chi connectivity index (χ2v) is 8.52. The smallest absolute Gasteiger partial charge is 0.325 e. The molecule has 1 aliphatic rings. The van der Waals surface area contributed by atoms with E-state index in [4.69, 9.17) is 0 Å². The van der Waals surface area contributed by atoms with Crippen molar-refractivity contribution in [3.05, 3.63) is 29.8 Å². The second-order valence-electron chi connectivity index (χ2n) is 6.58. The van der Waals surface area contributed by atoms with Crippen molar-refractivity contribution in [1.29, 1.82) is 0 Å². The van der Waals surface area contributed by atoms with Crippen LogP contribution in [0.4, 0.5) is 18.9 Å². The summed E-state index contributed by atoms with van der Waals surface area (Å²) in [5.74, 6) is -0.654. The van der Waals surface area contributed by atoms with Gasteiger partial charge in [-0.25, -0.2) is 8.42 Å². The van der Waals surface area contributed by atoms with E-state index in [9.17, 15) is 26.4 Å². The maximum Gasteiger partial charge on any atom is 0.416 e. The van der Waals surface area contributed by atoms with Gasteiger partial charge in [0.2, 0.25) is 15.9 Å². The predicted octanol–water partition coefficient (Wildman–Crippen LogP) is 3.63. The lowest BCUT2D eigenvalue weighted by Gasteiger charge is -2.28. The Kier molecular flexibility index (Phi) is 6.68. The van der Waals surface area contributed by atoms with Crippen molar-refractivity contribution in [2.75, 3.05) is 18.1 Å². The normalized spacial score (nSPS) is 17.1. The van der Waals surface area contributed by atoms with Crippen LogP contribution >= 0.6 is 0 Å². The number of amides is 1. The molecule has 1 saturated carbocycles. The van der Waals surface area contributed by atoms with Crippen molar-refractivity contribution < 1.29 is 26.4 Å². The molecule has 0 heterocycles. The molecule has 1 aromatic carbocycles. The van der Waals surface area contributed by atoms with Crippen molar-refractivity contribution in [2.24, 2.45) is 0 Å². The molecule has 9 heteroatoms. The molecule has 0 unspecified atom stereocenters. The van der Waals surface area contributed by atoms with Crippen LogP contribution in [0.15, 0.2) is 24.3 Å². The highest BCUT2D eigenvalue weighted by Crippen LogP contribution is 2.30. The fraction of sp³-hybridized carbons (Fsp3) is 0.588. The summed E-state index contributed by atoms with van der Waals surface area (Å²) >= 11 is 0. The molecular formula is C17H23F3N2O3S. The summed E-state index contributed by atoms with van der Waals surface area (Å²) in [5, 5.41) is 2.37. The number of hydrogen-bond acceptors (Lipinski definition) is 3. The summed E-state index contributed by atoms with van der Waals surface area (Å²) in [6.07, 6.45) is 1.76. The van der Waals surface area contributed by atoms with Crippen molar-refractivity contribution >= 4 is 21.6 Å². The number of halogens is 3. The standard InChI is InChI=1S/C17H23F3N2O3S/c1-26(24,25)22(15-9-4-2-3-5-10-15)12-16(23)21-14-8-6-7-13(11-14)17(18,19)20/h6-8,11,15H,2-5,9-10,12H2,1H3,(H,21,23). The highest BCUT2D eigenvalue weighted by molar-refractivity contribution is 7.88. The van der Waals surface area contributed by atoms with Gasteiger partial charge >= 0.3 is 6.18 Å². The van der Waals surface area contributed by atoms with E-state index in [-0.39, 0.29) is 11.7 Å². The fourth-order valence-electron chi connectivity index (χ4n) is 3.18. The lowest BCUT2D eigenvalue weighted by molar-refractivity contribution is -0.137. The number of anilines is 1. The molecular weight excluding hydrogens is 369 g/mol. The van der Waals surface area contributed by atoms with Gasteiger partial charge in [-0.15, -0.1) is 0 Å². The monoisotopic (exact) mass is 392 g/mol. The predicted molar refractivity (Wildman–Crippen MR) is 93.1 cm³/mol. The van der Waals surface area contributed by atoms with Crippen LogP contribution in [-0.2, 0) is 21.0 Å². The molecule has 0 aliphatic heterocycles. The first kappa shape index (κ1) is 20.7. The van der Waals surface area contributed by atoms with Gasteiger partial charge in [0.25, 0.3) is 0 Å². The zero-order chi connectivity index (χ0) is 19.4. The Balaban J connectivity index is 2.10. The van der Waals surface area contributed by atoms with Gasteiger partial charge in [-0.2, -0.15) is 17.5 Å². The molecule has 1 aromatic rings. The van der Waals surface area contributed by atoms with Gasteiger partial charge in [-0.3, -0.25) is 4.79 Å².